The van der Waals surface area contributed by atoms with Gasteiger partial charge in [0.1, 0.15) is 11.9 Å². The molecule has 2 aliphatic heterocycles. The molecule has 31 heavy (non-hydrogen) atoms. The fourth-order valence-corrected chi connectivity index (χ4v) is 3.86. The van der Waals surface area contributed by atoms with Crippen LogP contribution < -0.4 is 0 Å². The molecular weight excluding hydrogens is 405 g/mol. The first-order chi connectivity index (χ1) is 15.0. The molecule has 0 bridgehead atoms. The van der Waals surface area contributed by atoms with Gasteiger partial charge in [0.05, 0.1) is 28.4 Å². The molecular formula is C22H16FN3O5. The van der Waals surface area contributed by atoms with Crippen LogP contribution in [-0.2, 0) is 14.4 Å². The predicted octanol–water partition coefficient (Wildman–Crippen LogP) is 2.84. The van der Waals surface area contributed by atoms with Crippen LogP contribution in [0.3, 0.4) is 0 Å². The van der Waals surface area contributed by atoms with Gasteiger partial charge in [-0.25, -0.2) is 13.9 Å². The molecule has 0 unspecified atom stereocenters. The molecule has 2 atom stereocenters. The topological polar surface area (TPSA) is 90.7 Å². The summed E-state index contributed by atoms with van der Waals surface area (Å²) in [6.45, 7) is 0.293. The molecule has 5 rings (SSSR count). The van der Waals surface area contributed by atoms with Gasteiger partial charge in [0.15, 0.2) is 0 Å². The minimum Gasteiger partial charge on any atom is -0.371 e. The number of aromatic nitrogens is 2. The maximum Gasteiger partial charge on any atom is 0.339 e. The van der Waals surface area contributed by atoms with Crippen LogP contribution in [0.5, 0.6) is 0 Å². The van der Waals surface area contributed by atoms with Gasteiger partial charge in [0.25, 0.3) is 11.8 Å². The zero-order chi connectivity index (χ0) is 21.5. The number of benzene rings is 2. The molecule has 2 amide bonds. The lowest BCUT2D eigenvalue weighted by atomic mass is 9.99. The van der Waals surface area contributed by atoms with E-state index in [2.05, 4.69) is 5.10 Å². The van der Waals surface area contributed by atoms with Gasteiger partial charge in [-0.05, 0) is 48.9 Å². The minimum atomic E-state index is -0.750. The van der Waals surface area contributed by atoms with E-state index in [-0.39, 0.29) is 16.9 Å². The van der Waals surface area contributed by atoms with Crippen molar-refractivity contribution in [1.82, 2.24) is 14.8 Å². The zero-order valence-electron chi connectivity index (χ0n) is 16.1. The lowest BCUT2D eigenvalue weighted by molar-refractivity contribution is -0.175. The van der Waals surface area contributed by atoms with Crippen LogP contribution in [0.2, 0.25) is 0 Å². The average Bonchev–Trinajstić information content (AvgIpc) is 3.50. The second-order valence-electron chi connectivity index (χ2n) is 7.19. The number of imide groups is 1. The number of rotatable bonds is 4. The molecule has 3 heterocycles. The predicted molar refractivity (Wildman–Crippen MR) is 103 cm³/mol. The van der Waals surface area contributed by atoms with Crippen molar-refractivity contribution in [2.24, 2.45) is 5.92 Å². The summed E-state index contributed by atoms with van der Waals surface area (Å²) < 4.78 is 20.6. The van der Waals surface area contributed by atoms with Gasteiger partial charge in [0.2, 0.25) is 0 Å². The Labute approximate surface area is 175 Å². The highest BCUT2D eigenvalue weighted by atomic mass is 19.1. The third-order valence-electron chi connectivity index (χ3n) is 5.37. The van der Waals surface area contributed by atoms with Crippen LogP contribution in [-0.4, -0.2) is 39.2 Å². The summed E-state index contributed by atoms with van der Waals surface area (Å²) in [4.78, 5) is 43.1. The van der Waals surface area contributed by atoms with Gasteiger partial charge in [-0.1, -0.05) is 17.2 Å². The molecule has 0 N–H and O–H groups in total. The zero-order valence-corrected chi connectivity index (χ0v) is 16.1. The minimum absolute atomic E-state index is 0.189. The highest BCUT2D eigenvalue weighted by Gasteiger charge is 2.43. The van der Waals surface area contributed by atoms with E-state index in [0.29, 0.717) is 29.5 Å². The summed E-state index contributed by atoms with van der Waals surface area (Å²) in [5.41, 5.74) is 1.56. The average molecular weight is 421 g/mol. The second kappa shape index (κ2) is 7.44. The highest BCUT2D eigenvalue weighted by molar-refractivity contribution is 6.20. The molecule has 0 radical (unpaired) electrons. The first-order valence-electron chi connectivity index (χ1n) is 9.65. The van der Waals surface area contributed by atoms with E-state index in [9.17, 15) is 18.8 Å². The molecule has 156 valence electrons. The smallest absolute Gasteiger partial charge is 0.339 e. The second-order valence-corrected chi connectivity index (χ2v) is 7.19. The van der Waals surface area contributed by atoms with Crippen LogP contribution in [0.25, 0.3) is 5.69 Å². The maximum absolute atomic E-state index is 13.3. The largest absolute Gasteiger partial charge is 0.371 e. The van der Waals surface area contributed by atoms with Crippen LogP contribution in [0.4, 0.5) is 4.39 Å². The van der Waals surface area contributed by atoms with E-state index in [4.69, 9.17) is 9.57 Å². The van der Waals surface area contributed by atoms with E-state index in [0.717, 1.165) is 0 Å². The summed E-state index contributed by atoms with van der Waals surface area (Å²) in [7, 11) is 0. The monoisotopic (exact) mass is 421 g/mol. The van der Waals surface area contributed by atoms with Crippen molar-refractivity contribution < 1.29 is 28.3 Å². The Bertz CT molecular complexity index is 1150. The number of hydroxylamine groups is 2. The molecule has 1 aromatic heterocycles. The van der Waals surface area contributed by atoms with Gasteiger partial charge in [0, 0.05) is 12.8 Å². The molecule has 2 aliphatic rings. The first-order valence-corrected chi connectivity index (χ1v) is 9.65. The number of carbonyl (C=O) groups excluding carboxylic acids is 3. The van der Waals surface area contributed by atoms with Crippen molar-refractivity contribution in [3.63, 3.8) is 0 Å². The number of ether oxygens (including phenoxy) is 1. The number of hydrogen-bond acceptors (Lipinski definition) is 6. The van der Waals surface area contributed by atoms with E-state index in [1.54, 1.807) is 41.2 Å². The Balaban J connectivity index is 1.38. The highest BCUT2D eigenvalue weighted by Crippen LogP contribution is 2.37. The van der Waals surface area contributed by atoms with E-state index < -0.39 is 29.8 Å². The third kappa shape index (κ3) is 3.19. The van der Waals surface area contributed by atoms with Crippen LogP contribution in [0, 0.1) is 11.7 Å². The SMILES string of the molecule is O=C(ON1C(=O)c2ccccc2C1=O)[C@@H]1CCO[C@H]1c1ccnn1-c1ccc(F)cc1. The summed E-state index contributed by atoms with van der Waals surface area (Å²) in [5.74, 6) is -3.23. The number of carbonyl (C=O) groups is 3. The maximum atomic E-state index is 13.3. The number of hydrogen-bond donors (Lipinski definition) is 0. The van der Waals surface area contributed by atoms with Crippen LogP contribution in [0.15, 0.2) is 60.8 Å². The molecule has 3 aromatic rings. The Morgan fingerprint density at radius 1 is 1.03 bits per heavy atom. The van der Waals surface area contributed by atoms with Gasteiger partial charge >= 0.3 is 5.97 Å². The van der Waals surface area contributed by atoms with Gasteiger partial charge in [-0.15, -0.1) is 0 Å². The summed E-state index contributed by atoms with van der Waals surface area (Å²) >= 11 is 0. The Hall–Kier alpha value is -3.85. The molecule has 2 aromatic carbocycles. The normalized spacial score (nSPS) is 20.2. The Morgan fingerprint density at radius 2 is 1.71 bits per heavy atom. The fraction of sp³-hybridized carbons (Fsp3) is 0.182. The molecule has 1 fully saturated rings. The lowest BCUT2D eigenvalue weighted by Gasteiger charge is -2.20. The van der Waals surface area contributed by atoms with Crippen molar-refractivity contribution in [1.29, 1.82) is 0 Å². The van der Waals surface area contributed by atoms with Crippen molar-refractivity contribution >= 4 is 17.8 Å². The summed E-state index contributed by atoms with van der Waals surface area (Å²) in [6, 6.07) is 13.7. The van der Waals surface area contributed by atoms with Gasteiger partial charge < -0.3 is 9.57 Å². The van der Waals surface area contributed by atoms with E-state index >= 15 is 0 Å². The Morgan fingerprint density at radius 3 is 2.39 bits per heavy atom. The number of amides is 2. The molecule has 0 saturated carbocycles. The van der Waals surface area contributed by atoms with Gasteiger partial charge in [-0.2, -0.15) is 5.10 Å². The van der Waals surface area contributed by atoms with Crippen molar-refractivity contribution in [3.05, 3.63) is 83.4 Å². The van der Waals surface area contributed by atoms with E-state index in [1.807, 2.05) is 0 Å². The van der Waals surface area contributed by atoms with E-state index in [1.165, 1.54) is 24.3 Å². The van der Waals surface area contributed by atoms with Crippen LogP contribution >= 0.6 is 0 Å². The first kappa shape index (κ1) is 19.1. The summed E-state index contributed by atoms with van der Waals surface area (Å²) in [5, 5.41) is 4.75. The van der Waals surface area contributed by atoms with Crippen LogP contribution in [0.1, 0.15) is 38.9 Å². The third-order valence-corrected chi connectivity index (χ3v) is 5.37. The molecule has 0 spiro atoms. The lowest BCUT2D eigenvalue weighted by Crippen LogP contribution is -2.36. The van der Waals surface area contributed by atoms with Crippen molar-refractivity contribution in [3.8, 4) is 5.69 Å². The standard InChI is InChI=1S/C22H16FN3O5/c23-13-5-7-14(8-6-13)25-18(9-11-24-25)19-17(10-12-30-19)22(29)31-26-20(27)15-3-1-2-4-16(15)21(26)28/h1-9,11,17,19H,10,12H2/t17-,19-/m1/s1. The molecule has 0 aliphatic carbocycles. The van der Waals surface area contributed by atoms with Gasteiger partial charge in [-0.3, -0.25) is 9.59 Å². The number of halogens is 1. The molecule has 9 heteroatoms. The molecule has 8 nitrogen and oxygen atoms in total. The van der Waals surface area contributed by atoms with Crippen molar-refractivity contribution in [2.45, 2.75) is 12.5 Å². The fourth-order valence-electron chi connectivity index (χ4n) is 3.86. The Kier molecular flexibility index (Phi) is 4.59. The quantitative estimate of drug-likeness (QED) is 0.602. The van der Waals surface area contributed by atoms with Crippen molar-refractivity contribution in [2.75, 3.05) is 6.61 Å². The summed E-state index contributed by atoms with van der Waals surface area (Å²) in [6.07, 6.45) is 1.20. The molecule has 1 saturated heterocycles. The number of fused-ring (bicyclic) bond motifs is 1. The number of nitrogens with zero attached hydrogens (tertiary/aromatic N) is 3.